The average Bonchev–Trinajstić information content (AvgIpc) is 2.80. The molecule has 3 aromatic rings. The first kappa shape index (κ1) is 22.9. The third-order valence-electron chi connectivity index (χ3n) is 5.11. The lowest BCUT2D eigenvalue weighted by molar-refractivity contribution is -0.122. The standard InChI is InChI=1S/C23H20ClFN2O5S/c1-14-3-10-20-21(11-14)32-22(23(28)26-15-4-9-19(25)18(24)12-15)13-27(20)33(29,30)17-7-5-16(31-2)6-8-17/h3-12,22H,13H2,1-2H3,(H,26,28). The van der Waals surface area contributed by atoms with Gasteiger partial charge >= 0.3 is 0 Å². The number of nitrogens with one attached hydrogen (secondary N) is 1. The number of aryl methyl sites for hydroxylation is 1. The molecule has 0 aromatic heterocycles. The van der Waals surface area contributed by atoms with Crippen molar-refractivity contribution in [2.45, 2.75) is 17.9 Å². The zero-order valence-electron chi connectivity index (χ0n) is 17.7. The van der Waals surface area contributed by atoms with Crippen molar-refractivity contribution in [2.24, 2.45) is 0 Å². The third kappa shape index (κ3) is 4.60. The Labute approximate surface area is 195 Å². The van der Waals surface area contributed by atoms with Gasteiger partial charge < -0.3 is 14.8 Å². The summed E-state index contributed by atoms with van der Waals surface area (Å²) in [6, 6.07) is 14.8. The van der Waals surface area contributed by atoms with Gasteiger partial charge in [0.05, 0.1) is 29.3 Å². The van der Waals surface area contributed by atoms with Gasteiger partial charge in [-0.25, -0.2) is 12.8 Å². The van der Waals surface area contributed by atoms with Crippen LogP contribution in [0.25, 0.3) is 0 Å². The molecule has 1 unspecified atom stereocenters. The van der Waals surface area contributed by atoms with E-state index in [0.717, 1.165) is 15.9 Å². The number of carbonyl (C=O) groups is 1. The SMILES string of the molecule is COc1ccc(S(=O)(=O)N2CC(C(=O)Nc3ccc(F)c(Cl)c3)Oc3cc(C)ccc32)cc1. The van der Waals surface area contributed by atoms with E-state index in [1.54, 1.807) is 30.3 Å². The van der Waals surface area contributed by atoms with Crippen LogP contribution in [0.5, 0.6) is 11.5 Å². The number of nitrogens with zero attached hydrogens (tertiary/aromatic N) is 1. The minimum absolute atomic E-state index is 0.0428. The van der Waals surface area contributed by atoms with Crippen molar-refractivity contribution in [2.75, 3.05) is 23.3 Å². The highest BCUT2D eigenvalue weighted by Crippen LogP contribution is 2.38. The summed E-state index contributed by atoms with van der Waals surface area (Å²) in [5.41, 5.74) is 1.42. The number of carbonyl (C=O) groups excluding carboxylic acids is 1. The van der Waals surface area contributed by atoms with Crippen molar-refractivity contribution in [1.82, 2.24) is 0 Å². The molecule has 1 aliphatic heterocycles. The van der Waals surface area contributed by atoms with E-state index < -0.39 is 27.9 Å². The molecule has 7 nitrogen and oxygen atoms in total. The molecular formula is C23H20ClFN2O5S. The van der Waals surface area contributed by atoms with Gasteiger partial charge in [-0.1, -0.05) is 17.7 Å². The molecule has 4 rings (SSSR count). The van der Waals surface area contributed by atoms with E-state index in [9.17, 15) is 17.6 Å². The fraction of sp³-hybridized carbons (Fsp3) is 0.174. The van der Waals surface area contributed by atoms with Crippen LogP contribution in [-0.4, -0.2) is 34.1 Å². The zero-order valence-corrected chi connectivity index (χ0v) is 19.3. The summed E-state index contributed by atoms with van der Waals surface area (Å²) in [7, 11) is -2.53. The highest BCUT2D eigenvalue weighted by Gasteiger charge is 2.37. The Balaban J connectivity index is 1.68. The summed E-state index contributed by atoms with van der Waals surface area (Å²) in [5, 5.41) is 2.45. The number of benzene rings is 3. The first-order valence-corrected chi connectivity index (χ1v) is 11.7. The fourth-order valence-electron chi connectivity index (χ4n) is 3.40. The molecule has 0 aliphatic carbocycles. The van der Waals surface area contributed by atoms with Crippen LogP contribution in [0.4, 0.5) is 15.8 Å². The number of anilines is 2. The van der Waals surface area contributed by atoms with Crippen molar-refractivity contribution in [3.63, 3.8) is 0 Å². The van der Waals surface area contributed by atoms with Gasteiger partial charge in [-0.15, -0.1) is 0 Å². The van der Waals surface area contributed by atoms with Crippen LogP contribution in [0.1, 0.15) is 5.56 Å². The molecule has 33 heavy (non-hydrogen) atoms. The number of methoxy groups -OCH3 is 1. The molecule has 1 N–H and O–H groups in total. The molecule has 0 fully saturated rings. The fourth-order valence-corrected chi connectivity index (χ4v) is 5.05. The predicted molar refractivity (Wildman–Crippen MR) is 123 cm³/mol. The Morgan fingerprint density at radius 1 is 1.15 bits per heavy atom. The average molecular weight is 491 g/mol. The molecule has 172 valence electrons. The first-order chi connectivity index (χ1) is 15.7. The number of sulfonamides is 1. The van der Waals surface area contributed by atoms with Crippen molar-refractivity contribution in [3.05, 3.63) is 77.1 Å². The minimum atomic E-state index is -4.02. The summed E-state index contributed by atoms with van der Waals surface area (Å²) >= 11 is 5.79. The van der Waals surface area contributed by atoms with Gasteiger partial charge in [0.25, 0.3) is 15.9 Å². The second-order valence-corrected chi connectivity index (χ2v) is 9.68. The molecule has 0 saturated heterocycles. The van der Waals surface area contributed by atoms with E-state index in [0.29, 0.717) is 11.4 Å². The minimum Gasteiger partial charge on any atom is -0.497 e. The quantitative estimate of drug-likeness (QED) is 0.573. The van der Waals surface area contributed by atoms with E-state index >= 15 is 0 Å². The summed E-state index contributed by atoms with van der Waals surface area (Å²) in [6.45, 7) is 1.57. The highest BCUT2D eigenvalue weighted by atomic mass is 35.5. The third-order valence-corrected chi connectivity index (χ3v) is 7.20. The maximum atomic E-state index is 13.5. The van der Waals surface area contributed by atoms with Gasteiger partial charge in [0.1, 0.15) is 17.3 Å². The summed E-state index contributed by atoms with van der Waals surface area (Å²) < 4.78 is 52.5. The normalized spacial score (nSPS) is 15.4. The van der Waals surface area contributed by atoms with Crippen LogP contribution in [-0.2, 0) is 14.8 Å². The van der Waals surface area contributed by atoms with Gasteiger partial charge in [0.2, 0.25) is 0 Å². The summed E-state index contributed by atoms with van der Waals surface area (Å²) in [4.78, 5) is 13.0. The zero-order chi connectivity index (χ0) is 23.8. The number of rotatable bonds is 5. The summed E-state index contributed by atoms with van der Waals surface area (Å²) in [5.74, 6) is -0.442. The molecule has 1 heterocycles. The van der Waals surface area contributed by atoms with Crippen molar-refractivity contribution in [3.8, 4) is 11.5 Å². The number of hydrogen-bond donors (Lipinski definition) is 1. The van der Waals surface area contributed by atoms with Gasteiger partial charge in [0, 0.05) is 5.69 Å². The molecule has 1 amide bonds. The molecule has 1 aliphatic rings. The molecule has 1 atom stereocenters. The Hall–Kier alpha value is -3.30. The molecule has 3 aromatic carbocycles. The van der Waals surface area contributed by atoms with E-state index in [2.05, 4.69) is 5.32 Å². The molecule has 0 saturated carbocycles. The van der Waals surface area contributed by atoms with E-state index in [1.807, 2.05) is 6.92 Å². The monoisotopic (exact) mass is 490 g/mol. The molecular weight excluding hydrogens is 471 g/mol. The Bertz CT molecular complexity index is 1310. The molecule has 0 spiro atoms. The van der Waals surface area contributed by atoms with Crippen LogP contribution < -0.4 is 19.1 Å². The Morgan fingerprint density at radius 3 is 2.55 bits per heavy atom. The van der Waals surface area contributed by atoms with Crippen LogP contribution >= 0.6 is 11.6 Å². The van der Waals surface area contributed by atoms with E-state index in [-0.39, 0.29) is 27.9 Å². The van der Waals surface area contributed by atoms with Gasteiger partial charge in [-0.2, -0.15) is 0 Å². The lowest BCUT2D eigenvalue weighted by Gasteiger charge is -2.35. The maximum Gasteiger partial charge on any atom is 0.267 e. The second-order valence-electron chi connectivity index (χ2n) is 7.41. The second kappa shape index (κ2) is 8.92. The van der Waals surface area contributed by atoms with Gasteiger partial charge in [0.15, 0.2) is 6.10 Å². The maximum absolute atomic E-state index is 13.5. The van der Waals surface area contributed by atoms with Gasteiger partial charge in [-0.05, 0) is 67.1 Å². The lowest BCUT2D eigenvalue weighted by atomic mass is 10.1. The number of amides is 1. The van der Waals surface area contributed by atoms with Crippen molar-refractivity contribution < 1.29 is 27.1 Å². The Morgan fingerprint density at radius 2 is 1.88 bits per heavy atom. The molecule has 0 bridgehead atoms. The van der Waals surface area contributed by atoms with Crippen molar-refractivity contribution in [1.29, 1.82) is 0 Å². The van der Waals surface area contributed by atoms with Gasteiger partial charge in [-0.3, -0.25) is 9.10 Å². The first-order valence-electron chi connectivity index (χ1n) is 9.89. The van der Waals surface area contributed by atoms with Crippen molar-refractivity contribution >= 4 is 38.9 Å². The van der Waals surface area contributed by atoms with E-state index in [4.69, 9.17) is 21.1 Å². The highest BCUT2D eigenvalue weighted by molar-refractivity contribution is 7.92. The predicted octanol–water partition coefficient (Wildman–Crippen LogP) is 4.39. The number of halogens is 2. The van der Waals surface area contributed by atoms with Crippen LogP contribution in [0.15, 0.2) is 65.6 Å². The van der Waals surface area contributed by atoms with E-state index in [1.165, 1.54) is 31.4 Å². The van der Waals surface area contributed by atoms with Crippen LogP contribution in [0.3, 0.4) is 0 Å². The van der Waals surface area contributed by atoms with Crippen LogP contribution in [0, 0.1) is 12.7 Å². The topological polar surface area (TPSA) is 84.9 Å². The summed E-state index contributed by atoms with van der Waals surface area (Å²) in [6.07, 6.45) is -1.16. The Kier molecular flexibility index (Phi) is 6.18. The number of ether oxygens (including phenoxy) is 2. The largest absolute Gasteiger partial charge is 0.497 e. The number of fused-ring (bicyclic) bond motifs is 1. The lowest BCUT2D eigenvalue weighted by Crippen LogP contribution is -2.48. The smallest absolute Gasteiger partial charge is 0.267 e. The molecule has 10 heteroatoms. The molecule has 0 radical (unpaired) electrons. The van der Waals surface area contributed by atoms with Crippen LogP contribution in [0.2, 0.25) is 5.02 Å². The number of hydrogen-bond acceptors (Lipinski definition) is 5.